The summed E-state index contributed by atoms with van der Waals surface area (Å²) in [6.07, 6.45) is 0. The van der Waals surface area contributed by atoms with Crippen LogP contribution in [0.5, 0.6) is 11.5 Å². The van der Waals surface area contributed by atoms with Gasteiger partial charge in [-0.1, -0.05) is 26.0 Å². The number of ether oxygens (including phenoxy) is 2. The molecule has 0 radical (unpaired) electrons. The smallest absolute Gasteiger partial charge is 0.278 e. The van der Waals surface area contributed by atoms with Gasteiger partial charge in [0.2, 0.25) is 0 Å². The monoisotopic (exact) mass is 462 g/mol. The number of tetrazole rings is 1. The van der Waals surface area contributed by atoms with E-state index in [2.05, 4.69) is 57.0 Å². The quantitative estimate of drug-likeness (QED) is 0.446. The number of methoxy groups -OCH3 is 2. The molecule has 0 aliphatic carbocycles. The molecule has 0 bridgehead atoms. The Hall–Kier alpha value is -4.28. The Morgan fingerprint density at radius 1 is 1.06 bits per heavy atom. The number of amides is 1. The lowest BCUT2D eigenvalue weighted by atomic mass is 9.85. The highest BCUT2D eigenvalue weighted by atomic mass is 16.5. The van der Waals surface area contributed by atoms with Crippen LogP contribution in [-0.4, -0.2) is 55.7 Å². The number of benzene rings is 2. The Bertz CT molecular complexity index is 1320. The Balaban J connectivity index is 1.69. The average Bonchev–Trinajstić information content (AvgIpc) is 3.48. The van der Waals surface area contributed by atoms with Gasteiger partial charge in [0.05, 0.1) is 19.9 Å². The van der Waals surface area contributed by atoms with Gasteiger partial charge in [0, 0.05) is 17.3 Å². The molecular formula is C23H26N8O3. The minimum atomic E-state index is -0.390. The Kier molecular flexibility index (Phi) is 6.01. The minimum Gasteiger partial charge on any atom is -0.497 e. The number of nitrogens with zero attached hydrogens (tertiary/aromatic N) is 6. The summed E-state index contributed by atoms with van der Waals surface area (Å²) in [6, 6.07) is 11.1. The maximum atomic E-state index is 13.2. The van der Waals surface area contributed by atoms with Gasteiger partial charge in [-0.15, -0.1) is 10.2 Å². The van der Waals surface area contributed by atoms with E-state index in [-0.39, 0.29) is 11.1 Å². The van der Waals surface area contributed by atoms with E-state index < -0.39 is 5.91 Å². The zero-order valence-corrected chi connectivity index (χ0v) is 19.9. The number of aromatic nitrogens is 7. The summed E-state index contributed by atoms with van der Waals surface area (Å²) in [5, 5.41) is 25.3. The fraction of sp³-hybridized carbons (Fsp3) is 0.304. The molecule has 0 unspecified atom stereocenters. The molecule has 176 valence electrons. The van der Waals surface area contributed by atoms with Crippen molar-refractivity contribution in [1.29, 1.82) is 0 Å². The van der Waals surface area contributed by atoms with E-state index in [1.54, 1.807) is 50.1 Å². The van der Waals surface area contributed by atoms with Crippen molar-refractivity contribution in [2.75, 3.05) is 19.5 Å². The molecule has 0 aliphatic rings. The zero-order chi connectivity index (χ0) is 24.5. The van der Waals surface area contributed by atoms with Crippen molar-refractivity contribution in [2.24, 2.45) is 0 Å². The molecule has 11 heteroatoms. The molecule has 0 atom stereocenters. The second-order valence-corrected chi connectivity index (χ2v) is 8.73. The second kappa shape index (κ2) is 8.93. The summed E-state index contributed by atoms with van der Waals surface area (Å²) in [6.45, 7) is 8.04. The van der Waals surface area contributed by atoms with E-state index in [0.717, 1.165) is 11.1 Å². The Morgan fingerprint density at radius 2 is 1.85 bits per heavy atom. The molecule has 2 aromatic carbocycles. The molecule has 0 fully saturated rings. The maximum absolute atomic E-state index is 13.2. The van der Waals surface area contributed by atoms with Gasteiger partial charge in [-0.05, 0) is 58.7 Å². The number of hydrogen-bond acceptors (Lipinski definition) is 8. The first kappa shape index (κ1) is 22.9. The molecule has 0 saturated heterocycles. The van der Waals surface area contributed by atoms with Crippen LogP contribution in [0.4, 0.5) is 5.69 Å². The molecule has 0 spiro atoms. The van der Waals surface area contributed by atoms with E-state index in [1.165, 1.54) is 0 Å². The number of H-pyrrole nitrogens is 1. The number of anilines is 1. The third kappa shape index (κ3) is 4.45. The molecule has 2 N–H and O–H groups in total. The molecule has 4 aromatic rings. The van der Waals surface area contributed by atoms with Gasteiger partial charge in [-0.25, -0.2) is 9.78 Å². The number of hydrogen-bond donors (Lipinski definition) is 2. The predicted molar refractivity (Wildman–Crippen MR) is 125 cm³/mol. The van der Waals surface area contributed by atoms with Crippen molar-refractivity contribution in [2.45, 2.75) is 33.1 Å². The standard InChI is InChI=1S/C23H26N8O3/c1-13-20(25-30-31(13)18-12-17(33-5)7-8-19(18)34-6)22(32)24-16-10-14(21-26-28-29-27-21)9-15(11-16)23(2,3)4/h7-12H,1-6H3,(H,24,32)(H,26,27,28,29). The number of rotatable bonds is 6. The van der Waals surface area contributed by atoms with Crippen LogP contribution in [0.3, 0.4) is 0 Å². The van der Waals surface area contributed by atoms with Crippen LogP contribution in [0.2, 0.25) is 0 Å². The third-order valence-electron chi connectivity index (χ3n) is 5.40. The highest BCUT2D eigenvalue weighted by Crippen LogP contribution is 2.31. The van der Waals surface area contributed by atoms with Crippen molar-refractivity contribution in [1.82, 2.24) is 35.6 Å². The normalized spacial score (nSPS) is 11.4. The van der Waals surface area contributed by atoms with Gasteiger partial charge < -0.3 is 14.8 Å². The zero-order valence-electron chi connectivity index (χ0n) is 19.9. The van der Waals surface area contributed by atoms with Crippen molar-refractivity contribution in [3.05, 3.63) is 53.3 Å². The summed E-state index contributed by atoms with van der Waals surface area (Å²) in [5.41, 5.74) is 3.56. The third-order valence-corrected chi connectivity index (χ3v) is 5.40. The van der Waals surface area contributed by atoms with Gasteiger partial charge in [0.25, 0.3) is 5.91 Å². The van der Waals surface area contributed by atoms with Crippen molar-refractivity contribution < 1.29 is 14.3 Å². The van der Waals surface area contributed by atoms with Gasteiger partial charge in [-0.3, -0.25) is 4.79 Å². The molecule has 1 amide bonds. The maximum Gasteiger partial charge on any atom is 0.278 e. The predicted octanol–water partition coefficient (Wildman–Crippen LogP) is 3.32. The van der Waals surface area contributed by atoms with Gasteiger partial charge in [-0.2, -0.15) is 0 Å². The first-order chi connectivity index (χ1) is 16.2. The average molecular weight is 463 g/mol. The molecule has 2 heterocycles. The number of carbonyl (C=O) groups excluding carboxylic acids is 1. The molecular weight excluding hydrogens is 436 g/mol. The van der Waals surface area contributed by atoms with E-state index >= 15 is 0 Å². The van der Waals surface area contributed by atoms with Crippen molar-refractivity contribution in [3.63, 3.8) is 0 Å². The van der Waals surface area contributed by atoms with Crippen LogP contribution in [0, 0.1) is 6.92 Å². The Labute approximate surface area is 196 Å². The van der Waals surface area contributed by atoms with Gasteiger partial charge >= 0.3 is 0 Å². The minimum absolute atomic E-state index is 0.162. The topological polar surface area (TPSA) is 133 Å². The summed E-state index contributed by atoms with van der Waals surface area (Å²) in [7, 11) is 3.14. The lowest BCUT2D eigenvalue weighted by Crippen LogP contribution is -2.16. The molecule has 0 saturated carbocycles. The van der Waals surface area contributed by atoms with Crippen LogP contribution in [0.15, 0.2) is 36.4 Å². The Morgan fingerprint density at radius 3 is 2.50 bits per heavy atom. The SMILES string of the molecule is COc1ccc(OC)c(-n2nnc(C(=O)Nc3cc(-c4nnn[nH]4)cc(C(C)(C)C)c3)c2C)c1. The molecule has 0 aliphatic heterocycles. The number of carbonyl (C=O) groups is 1. The van der Waals surface area contributed by atoms with Crippen LogP contribution in [0.1, 0.15) is 42.5 Å². The summed E-state index contributed by atoms with van der Waals surface area (Å²) >= 11 is 0. The fourth-order valence-electron chi connectivity index (χ4n) is 3.47. The summed E-state index contributed by atoms with van der Waals surface area (Å²) < 4.78 is 12.3. The second-order valence-electron chi connectivity index (χ2n) is 8.73. The van der Waals surface area contributed by atoms with Gasteiger partial charge in [0.15, 0.2) is 11.5 Å². The van der Waals surface area contributed by atoms with E-state index in [1.807, 2.05) is 12.1 Å². The first-order valence-electron chi connectivity index (χ1n) is 10.6. The molecule has 11 nitrogen and oxygen atoms in total. The van der Waals surface area contributed by atoms with Crippen LogP contribution < -0.4 is 14.8 Å². The highest BCUT2D eigenvalue weighted by Gasteiger charge is 2.22. The van der Waals surface area contributed by atoms with Crippen LogP contribution in [0.25, 0.3) is 17.1 Å². The summed E-state index contributed by atoms with van der Waals surface area (Å²) in [5.74, 6) is 1.32. The molecule has 2 aromatic heterocycles. The van der Waals surface area contributed by atoms with Crippen molar-refractivity contribution in [3.8, 4) is 28.6 Å². The molecule has 4 rings (SSSR count). The fourth-order valence-corrected chi connectivity index (χ4v) is 3.47. The highest BCUT2D eigenvalue weighted by molar-refractivity contribution is 6.04. The van der Waals surface area contributed by atoms with E-state index in [9.17, 15) is 4.79 Å². The summed E-state index contributed by atoms with van der Waals surface area (Å²) in [4.78, 5) is 13.2. The first-order valence-corrected chi connectivity index (χ1v) is 10.6. The molecule has 34 heavy (non-hydrogen) atoms. The number of aromatic amines is 1. The largest absolute Gasteiger partial charge is 0.497 e. The van der Waals surface area contributed by atoms with Crippen LogP contribution in [-0.2, 0) is 5.41 Å². The van der Waals surface area contributed by atoms with E-state index in [4.69, 9.17) is 9.47 Å². The van der Waals surface area contributed by atoms with Crippen LogP contribution >= 0.6 is 0 Å². The lowest BCUT2D eigenvalue weighted by Gasteiger charge is -2.21. The van der Waals surface area contributed by atoms with Crippen molar-refractivity contribution >= 4 is 11.6 Å². The van der Waals surface area contributed by atoms with Gasteiger partial charge in [0.1, 0.15) is 17.2 Å². The lowest BCUT2D eigenvalue weighted by molar-refractivity contribution is 0.102. The van der Waals surface area contributed by atoms with E-state index in [0.29, 0.717) is 34.4 Å². The number of nitrogens with one attached hydrogen (secondary N) is 2.